The molecule has 1 aliphatic rings. The van der Waals surface area contributed by atoms with Crippen molar-refractivity contribution in [3.63, 3.8) is 0 Å². The fourth-order valence-electron chi connectivity index (χ4n) is 3.13. The molecule has 2 aromatic rings. The zero-order valence-corrected chi connectivity index (χ0v) is 17.7. The van der Waals surface area contributed by atoms with E-state index in [1.165, 1.54) is 22.7 Å². The minimum absolute atomic E-state index is 0.162. The van der Waals surface area contributed by atoms with E-state index in [4.69, 9.17) is 11.6 Å². The number of hydrogen-bond donors (Lipinski definition) is 1. The third kappa shape index (κ3) is 4.03. The molecule has 30 heavy (non-hydrogen) atoms. The average molecular weight is 447 g/mol. The summed E-state index contributed by atoms with van der Waals surface area (Å²) in [6.45, 7) is 3.62. The van der Waals surface area contributed by atoms with E-state index in [2.05, 4.69) is 15.5 Å². The van der Waals surface area contributed by atoms with Crippen LogP contribution >= 0.6 is 11.6 Å². The first-order chi connectivity index (χ1) is 14.0. The van der Waals surface area contributed by atoms with Gasteiger partial charge < -0.3 is 10.2 Å². The zero-order valence-electron chi connectivity index (χ0n) is 16.9. The standard InChI is InChI=1S/C18H22ClF3N6O2/c1-5-27-14(17(30)26(3)4)11(8-23-27)24-16(29)9(2)28-13(10-6-7-10)12(19)15(25-28)18(20,21)22/h8-10H,5-7H2,1-4H3,(H,24,29). The van der Waals surface area contributed by atoms with Crippen LogP contribution in [0, 0.1) is 0 Å². The summed E-state index contributed by atoms with van der Waals surface area (Å²) in [5.41, 5.74) is -0.636. The summed E-state index contributed by atoms with van der Waals surface area (Å²) in [6, 6.07) is -1.08. The average Bonchev–Trinajstić information content (AvgIpc) is 3.32. The summed E-state index contributed by atoms with van der Waals surface area (Å²) in [5, 5.41) is 9.84. The highest BCUT2D eigenvalue weighted by Crippen LogP contribution is 2.47. The van der Waals surface area contributed by atoms with Crippen molar-refractivity contribution < 1.29 is 22.8 Å². The van der Waals surface area contributed by atoms with Crippen LogP contribution in [-0.2, 0) is 17.5 Å². The molecule has 2 heterocycles. The number of hydrogen-bond acceptors (Lipinski definition) is 4. The minimum atomic E-state index is -4.73. The number of halogens is 4. The largest absolute Gasteiger partial charge is 0.436 e. The van der Waals surface area contributed by atoms with Crippen LogP contribution < -0.4 is 5.32 Å². The lowest BCUT2D eigenvalue weighted by atomic mass is 10.2. The molecule has 1 N–H and O–H groups in total. The van der Waals surface area contributed by atoms with Gasteiger partial charge in [0.15, 0.2) is 5.69 Å². The zero-order chi connectivity index (χ0) is 22.4. The fourth-order valence-corrected chi connectivity index (χ4v) is 3.51. The molecule has 1 fully saturated rings. The fraction of sp³-hybridized carbons (Fsp3) is 0.556. The number of carbonyl (C=O) groups excluding carboxylic acids is 2. The molecule has 0 aromatic carbocycles. The first kappa shape index (κ1) is 22.1. The van der Waals surface area contributed by atoms with Gasteiger partial charge in [-0.25, -0.2) is 0 Å². The highest BCUT2D eigenvalue weighted by atomic mass is 35.5. The Morgan fingerprint density at radius 2 is 2.00 bits per heavy atom. The van der Waals surface area contributed by atoms with Crippen molar-refractivity contribution >= 4 is 29.1 Å². The van der Waals surface area contributed by atoms with Crippen molar-refractivity contribution in [3.8, 4) is 0 Å². The lowest BCUT2D eigenvalue weighted by Crippen LogP contribution is -2.29. The Morgan fingerprint density at radius 3 is 2.50 bits per heavy atom. The summed E-state index contributed by atoms with van der Waals surface area (Å²) in [5.74, 6) is -1.16. The lowest BCUT2D eigenvalue weighted by Gasteiger charge is -2.17. The summed E-state index contributed by atoms with van der Waals surface area (Å²) < 4.78 is 42.3. The van der Waals surface area contributed by atoms with E-state index in [0.29, 0.717) is 19.4 Å². The molecular weight excluding hydrogens is 425 g/mol. The van der Waals surface area contributed by atoms with Gasteiger partial charge in [0, 0.05) is 26.6 Å². The molecule has 0 aliphatic heterocycles. The van der Waals surface area contributed by atoms with Gasteiger partial charge in [0.05, 0.1) is 22.6 Å². The molecule has 1 unspecified atom stereocenters. The highest BCUT2D eigenvalue weighted by Gasteiger charge is 2.43. The number of aromatic nitrogens is 4. The van der Waals surface area contributed by atoms with Crippen LogP contribution in [0.4, 0.5) is 18.9 Å². The number of rotatable bonds is 6. The Bertz CT molecular complexity index is 977. The van der Waals surface area contributed by atoms with Gasteiger partial charge in [-0.05, 0) is 26.7 Å². The van der Waals surface area contributed by atoms with Gasteiger partial charge in [0.25, 0.3) is 5.91 Å². The Labute approximate surface area is 176 Å². The maximum atomic E-state index is 13.3. The van der Waals surface area contributed by atoms with Gasteiger partial charge in [0.1, 0.15) is 11.7 Å². The van der Waals surface area contributed by atoms with E-state index in [-0.39, 0.29) is 28.9 Å². The van der Waals surface area contributed by atoms with Crippen molar-refractivity contribution in [2.75, 3.05) is 19.4 Å². The van der Waals surface area contributed by atoms with Crippen molar-refractivity contribution in [1.29, 1.82) is 0 Å². The van der Waals surface area contributed by atoms with Gasteiger partial charge in [0.2, 0.25) is 5.91 Å². The summed E-state index contributed by atoms with van der Waals surface area (Å²) in [4.78, 5) is 26.7. The highest BCUT2D eigenvalue weighted by molar-refractivity contribution is 6.32. The molecule has 0 saturated heterocycles. The van der Waals surface area contributed by atoms with Crippen molar-refractivity contribution in [3.05, 3.63) is 28.3 Å². The number of aryl methyl sites for hydroxylation is 1. The van der Waals surface area contributed by atoms with Crippen LogP contribution in [0.2, 0.25) is 5.02 Å². The number of anilines is 1. The maximum absolute atomic E-state index is 13.3. The molecule has 12 heteroatoms. The predicted octanol–water partition coefficient (Wildman–Crippen LogP) is 3.55. The van der Waals surface area contributed by atoms with Crippen molar-refractivity contribution in [1.82, 2.24) is 24.5 Å². The second-order valence-electron chi connectivity index (χ2n) is 7.35. The van der Waals surface area contributed by atoms with Gasteiger partial charge in [-0.1, -0.05) is 11.6 Å². The second-order valence-corrected chi connectivity index (χ2v) is 7.73. The SMILES string of the molecule is CCn1ncc(NC(=O)C(C)n2nc(C(F)(F)F)c(Cl)c2C2CC2)c1C(=O)N(C)C. The molecule has 0 spiro atoms. The van der Waals surface area contributed by atoms with E-state index in [1.807, 2.05) is 0 Å². The molecule has 164 valence electrons. The number of amides is 2. The predicted molar refractivity (Wildman–Crippen MR) is 103 cm³/mol. The second kappa shape index (κ2) is 7.93. The van der Waals surface area contributed by atoms with Crippen LogP contribution in [0.5, 0.6) is 0 Å². The maximum Gasteiger partial charge on any atom is 0.436 e. The van der Waals surface area contributed by atoms with Crippen LogP contribution in [0.1, 0.15) is 60.5 Å². The summed E-state index contributed by atoms with van der Waals surface area (Å²) in [6.07, 6.45) is -2.02. The lowest BCUT2D eigenvalue weighted by molar-refractivity contribution is -0.141. The third-order valence-electron chi connectivity index (χ3n) is 4.87. The molecule has 0 radical (unpaired) electrons. The van der Waals surface area contributed by atoms with Gasteiger partial charge in [-0.3, -0.25) is 19.0 Å². The molecule has 3 rings (SSSR count). The number of nitrogens with zero attached hydrogens (tertiary/aromatic N) is 5. The Hall–Kier alpha value is -2.56. The minimum Gasteiger partial charge on any atom is -0.343 e. The third-order valence-corrected chi connectivity index (χ3v) is 5.24. The van der Waals surface area contributed by atoms with E-state index >= 15 is 0 Å². The first-order valence-electron chi connectivity index (χ1n) is 9.40. The number of nitrogens with one attached hydrogen (secondary N) is 1. The smallest absolute Gasteiger partial charge is 0.343 e. The number of carbonyl (C=O) groups is 2. The van der Waals surface area contributed by atoms with Gasteiger partial charge in [-0.15, -0.1) is 0 Å². The van der Waals surface area contributed by atoms with Crippen LogP contribution in [0.25, 0.3) is 0 Å². The molecule has 2 aromatic heterocycles. The molecule has 2 amide bonds. The van der Waals surface area contributed by atoms with E-state index in [9.17, 15) is 22.8 Å². The molecular formula is C18H22ClF3N6O2. The van der Waals surface area contributed by atoms with Crippen molar-refractivity contribution in [2.45, 2.75) is 51.4 Å². The van der Waals surface area contributed by atoms with Crippen molar-refractivity contribution in [2.24, 2.45) is 0 Å². The Balaban J connectivity index is 1.93. The number of alkyl halides is 3. The van der Waals surface area contributed by atoms with E-state index in [1.54, 1.807) is 21.0 Å². The molecule has 1 saturated carbocycles. The van der Waals surface area contributed by atoms with E-state index < -0.39 is 28.8 Å². The molecule has 0 bridgehead atoms. The molecule has 1 aliphatic carbocycles. The summed E-state index contributed by atoms with van der Waals surface area (Å²) >= 11 is 5.98. The summed E-state index contributed by atoms with van der Waals surface area (Å²) in [7, 11) is 3.13. The monoisotopic (exact) mass is 446 g/mol. The molecule has 8 nitrogen and oxygen atoms in total. The van der Waals surface area contributed by atoms with Crippen LogP contribution in [0.3, 0.4) is 0 Å². The van der Waals surface area contributed by atoms with E-state index in [0.717, 1.165) is 4.68 Å². The Kier molecular flexibility index (Phi) is 5.85. The quantitative estimate of drug-likeness (QED) is 0.735. The Morgan fingerprint density at radius 1 is 1.37 bits per heavy atom. The normalized spacial score (nSPS) is 15.2. The van der Waals surface area contributed by atoms with Gasteiger partial charge >= 0.3 is 6.18 Å². The van der Waals surface area contributed by atoms with Crippen LogP contribution in [-0.4, -0.2) is 50.4 Å². The van der Waals surface area contributed by atoms with Crippen LogP contribution in [0.15, 0.2) is 6.20 Å². The topological polar surface area (TPSA) is 85.0 Å². The molecule has 1 atom stereocenters. The first-order valence-corrected chi connectivity index (χ1v) is 9.78. The van der Waals surface area contributed by atoms with Gasteiger partial charge in [-0.2, -0.15) is 23.4 Å².